The minimum Gasteiger partial charge on any atom is -0.768 e. The Balaban J connectivity index is 2.86. The van der Waals surface area contributed by atoms with Crippen molar-refractivity contribution in [3.63, 3.8) is 0 Å². The van der Waals surface area contributed by atoms with Crippen LogP contribution in [0.2, 0.25) is 0 Å². The fourth-order valence-corrected chi connectivity index (χ4v) is 2.15. The van der Waals surface area contributed by atoms with Crippen molar-refractivity contribution in [3.05, 3.63) is 23.8 Å². The van der Waals surface area contributed by atoms with Gasteiger partial charge in [-0.1, -0.05) is 31.9 Å². The summed E-state index contributed by atoms with van der Waals surface area (Å²) in [6.07, 6.45) is 3.81. The summed E-state index contributed by atoms with van der Waals surface area (Å²) in [6, 6.07) is 4.82. The monoisotopic (exact) mass is 227 g/mol. The highest BCUT2D eigenvalue weighted by Crippen LogP contribution is 2.25. The van der Waals surface area contributed by atoms with Crippen LogP contribution in [0.1, 0.15) is 31.7 Å². The van der Waals surface area contributed by atoms with Gasteiger partial charge in [-0.25, -0.2) is 0 Å². The van der Waals surface area contributed by atoms with Crippen LogP contribution >= 0.6 is 0 Å². The fraction of sp³-hybridized carbons (Fsp3) is 0.455. The van der Waals surface area contributed by atoms with Crippen LogP contribution in [-0.4, -0.2) is 13.9 Å². The van der Waals surface area contributed by atoms with Crippen molar-refractivity contribution >= 4 is 11.1 Å². The Morgan fingerprint density at radius 1 is 1.40 bits per heavy atom. The second kappa shape index (κ2) is 5.88. The Morgan fingerprint density at radius 3 is 2.73 bits per heavy atom. The third-order valence-electron chi connectivity index (χ3n) is 2.29. The molecule has 0 saturated heterocycles. The Labute approximate surface area is 92.4 Å². The molecule has 0 amide bonds. The summed E-state index contributed by atoms with van der Waals surface area (Å²) in [5.74, 6) is -0.155. The number of phenolic OH excluding ortho intramolecular Hbond substituents is 1. The number of aryl methyl sites for hydroxylation is 1. The topological polar surface area (TPSA) is 60.4 Å². The normalized spacial score (nSPS) is 12.7. The molecule has 0 aliphatic carbocycles. The highest BCUT2D eigenvalue weighted by Gasteiger charge is 2.07. The zero-order chi connectivity index (χ0) is 11.3. The van der Waals surface area contributed by atoms with Crippen molar-refractivity contribution in [2.24, 2.45) is 0 Å². The molecule has 0 heterocycles. The first kappa shape index (κ1) is 12.2. The number of phenols is 1. The van der Waals surface area contributed by atoms with E-state index in [-0.39, 0.29) is 10.6 Å². The van der Waals surface area contributed by atoms with Gasteiger partial charge in [-0.3, -0.25) is 4.21 Å². The van der Waals surface area contributed by atoms with E-state index in [2.05, 4.69) is 6.92 Å². The third-order valence-corrected chi connectivity index (χ3v) is 3.10. The molecule has 1 unspecified atom stereocenters. The van der Waals surface area contributed by atoms with Crippen molar-refractivity contribution in [3.8, 4) is 5.75 Å². The van der Waals surface area contributed by atoms with E-state index < -0.39 is 11.1 Å². The second-order valence-corrected chi connectivity index (χ2v) is 4.33. The summed E-state index contributed by atoms with van der Waals surface area (Å²) in [4.78, 5) is 0.0496. The van der Waals surface area contributed by atoms with E-state index in [1.807, 2.05) is 0 Å². The lowest BCUT2D eigenvalue weighted by Crippen LogP contribution is -1.97. The summed E-state index contributed by atoms with van der Waals surface area (Å²) >= 11 is -2.36. The lowest BCUT2D eigenvalue weighted by molar-refractivity contribution is 0.452. The maximum absolute atomic E-state index is 10.9. The van der Waals surface area contributed by atoms with E-state index >= 15 is 0 Å². The molecule has 0 aliphatic heterocycles. The number of rotatable bonds is 5. The molecule has 1 aromatic carbocycles. The van der Waals surface area contributed by atoms with Gasteiger partial charge in [0.2, 0.25) is 0 Å². The molecule has 0 bridgehead atoms. The zero-order valence-electron chi connectivity index (χ0n) is 8.73. The molecule has 0 aromatic heterocycles. The fourth-order valence-electron chi connectivity index (χ4n) is 1.53. The highest BCUT2D eigenvalue weighted by atomic mass is 32.2. The average molecular weight is 227 g/mol. The number of hydrogen-bond acceptors (Lipinski definition) is 3. The van der Waals surface area contributed by atoms with Crippen LogP contribution in [0.3, 0.4) is 0 Å². The Morgan fingerprint density at radius 2 is 2.13 bits per heavy atom. The van der Waals surface area contributed by atoms with Crippen LogP contribution in [-0.2, 0) is 17.5 Å². The minimum absolute atomic E-state index is 0.0496. The van der Waals surface area contributed by atoms with Crippen molar-refractivity contribution in [2.45, 2.75) is 37.5 Å². The van der Waals surface area contributed by atoms with E-state index in [9.17, 15) is 13.9 Å². The molecule has 0 spiro atoms. The number of unbranched alkanes of at least 4 members (excludes halogenated alkanes) is 2. The predicted molar refractivity (Wildman–Crippen MR) is 58.5 cm³/mol. The number of aromatic hydroxyl groups is 1. The lowest BCUT2D eigenvalue weighted by Gasteiger charge is -2.13. The van der Waals surface area contributed by atoms with Gasteiger partial charge in [0.25, 0.3) is 0 Å². The van der Waals surface area contributed by atoms with E-state index in [1.54, 1.807) is 12.1 Å². The van der Waals surface area contributed by atoms with Crippen LogP contribution in [0.15, 0.2) is 23.1 Å². The molecule has 0 aliphatic rings. The van der Waals surface area contributed by atoms with Crippen LogP contribution < -0.4 is 0 Å². The summed E-state index contributed by atoms with van der Waals surface area (Å²) < 4.78 is 21.8. The van der Waals surface area contributed by atoms with Crippen LogP contribution in [0, 0.1) is 0 Å². The maximum atomic E-state index is 10.9. The third kappa shape index (κ3) is 3.32. The molecule has 1 N–H and O–H groups in total. The summed E-state index contributed by atoms with van der Waals surface area (Å²) in [5.41, 5.74) is 0.705. The number of benzene rings is 1. The van der Waals surface area contributed by atoms with E-state index in [1.165, 1.54) is 6.07 Å². The van der Waals surface area contributed by atoms with Gasteiger partial charge >= 0.3 is 0 Å². The largest absolute Gasteiger partial charge is 0.768 e. The van der Waals surface area contributed by atoms with Gasteiger partial charge in [0.05, 0.1) is 4.90 Å². The molecule has 0 saturated carbocycles. The van der Waals surface area contributed by atoms with Gasteiger partial charge in [-0.15, -0.1) is 0 Å². The molecule has 15 heavy (non-hydrogen) atoms. The smallest absolute Gasteiger partial charge is 0.130 e. The Kier molecular flexibility index (Phi) is 4.78. The quantitative estimate of drug-likeness (QED) is 0.620. The van der Waals surface area contributed by atoms with Gasteiger partial charge in [0.1, 0.15) is 5.75 Å². The molecule has 1 atom stereocenters. The Bertz CT molecular complexity index is 350. The van der Waals surface area contributed by atoms with Crippen molar-refractivity contribution in [1.82, 2.24) is 0 Å². The number of hydrogen-bond donors (Lipinski definition) is 1. The molecule has 1 rings (SSSR count). The van der Waals surface area contributed by atoms with E-state index in [4.69, 9.17) is 0 Å². The molecular formula is C11H15O3S-. The van der Waals surface area contributed by atoms with Gasteiger partial charge in [0.15, 0.2) is 0 Å². The zero-order valence-corrected chi connectivity index (χ0v) is 9.55. The SMILES string of the molecule is CCCCCc1cccc(O)c1S(=O)[O-]. The summed E-state index contributed by atoms with van der Waals surface area (Å²) in [5, 5.41) is 9.43. The highest BCUT2D eigenvalue weighted by molar-refractivity contribution is 7.79. The standard InChI is InChI=1S/C11H16O3S/c1-2-3-4-6-9-7-5-8-10(12)11(9)15(13)14/h5,7-8,12H,2-4,6H2,1H3,(H,13,14)/p-1. The molecule has 4 heteroatoms. The first-order chi connectivity index (χ1) is 7.16. The minimum atomic E-state index is -2.36. The lowest BCUT2D eigenvalue weighted by atomic mass is 10.1. The predicted octanol–water partition coefficient (Wildman–Crippen LogP) is 2.36. The summed E-state index contributed by atoms with van der Waals surface area (Å²) in [7, 11) is 0. The van der Waals surface area contributed by atoms with Crippen molar-refractivity contribution in [1.29, 1.82) is 0 Å². The summed E-state index contributed by atoms with van der Waals surface area (Å²) in [6.45, 7) is 2.09. The molecule has 3 nitrogen and oxygen atoms in total. The first-order valence-electron chi connectivity index (χ1n) is 5.07. The molecule has 84 valence electrons. The molecular weight excluding hydrogens is 212 g/mol. The van der Waals surface area contributed by atoms with Gasteiger partial charge in [-0.05, 0) is 35.6 Å². The second-order valence-electron chi connectivity index (χ2n) is 3.46. The molecule has 0 fully saturated rings. The van der Waals surface area contributed by atoms with E-state index in [0.29, 0.717) is 12.0 Å². The van der Waals surface area contributed by atoms with Crippen LogP contribution in [0.4, 0.5) is 0 Å². The van der Waals surface area contributed by atoms with Crippen LogP contribution in [0.25, 0.3) is 0 Å². The molecule has 1 aromatic rings. The van der Waals surface area contributed by atoms with Gasteiger partial charge < -0.3 is 9.66 Å². The van der Waals surface area contributed by atoms with Gasteiger partial charge in [0, 0.05) is 0 Å². The average Bonchev–Trinajstić information content (AvgIpc) is 2.17. The van der Waals surface area contributed by atoms with Crippen molar-refractivity contribution < 1.29 is 13.9 Å². The Hall–Kier alpha value is -0.870. The van der Waals surface area contributed by atoms with Crippen LogP contribution in [0.5, 0.6) is 5.75 Å². The maximum Gasteiger partial charge on any atom is 0.130 e. The molecule has 0 radical (unpaired) electrons. The van der Waals surface area contributed by atoms with E-state index in [0.717, 1.165) is 19.3 Å². The first-order valence-corrected chi connectivity index (χ1v) is 6.14. The van der Waals surface area contributed by atoms with Crippen molar-refractivity contribution in [2.75, 3.05) is 0 Å². The van der Waals surface area contributed by atoms with Gasteiger partial charge in [-0.2, -0.15) is 0 Å².